The van der Waals surface area contributed by atoms with Crippen molar-refractivity contribution in [3.8, 4) is 11.1 Å². The molecular weight excluding hydrogens is 368 g/mol. The lowest BCUT2D eigenvalue weighted by molar-refractivity contribution is 0.105. The van der Waals surface area contributed by atoms with Crippen LogP contribution in [0, 0.1) is 0 Å². The van der Waals surface area contributed by atoms with Crippen LogP contribution >= 0.6 is 0 Å². The molecule has 0 saturated heterocycles. The molecular formula is C23H24N2O4. The van der Waals surface area contributed by atoms with Crippen LogP contribution < -0.4 is 0 Å². The van der Waals surface area contributed by atoms with Gasteiger partial charge in [-0.25, -0.2) is 0 Å². The molecule has 1 aliphatic rings. The molecule has 2 N–H and O–H groups in total. The van der Waals surface area contributed by atoms with Gasteiger partial charge in [-0.1, -0.05) is 48.4 Å². The number of hydrogen-bond acceptors (Lipinski definition) is 6. The van der Waals surface area contributed by atoms with Crippen LogP contribution in [-0.2, 0) is 5.41 Å². The second-order valence-electron chi connectivity index (χ2n) is 7.34. The molecule has 0 aliphatic heterocycles. The molecule has 0 atom stereocenters. The Balaban J connectivity index is 2.22. The normalized spacial score (nSPS) is 15.0. The third kappa shape index (κ3) is 3.05. The van der Waals surface area contributed by atoms with Crippen molar-refractivity contribution in [3.05, 3.63) is 58.7 Å². The van der Waals surface area contributed by atoms with Crippen molar-refractivity contribution < 1.29 is 20.0 Å². The van der Waals surface area contributed by atoms with Gasteiger partial charge in [-0.05, 0) is 61.1 Å². The van der Waals surface area contributed by atoms with E-state index in [4.69, 9.17) is 10.4 Å². The lowest BCUT2D eigenvalue weighted by Gasteiger charge is -2.30. The van der Waals surface area contributed by atoms with E-state index in [9.17, 15) is 9.59 Å². The summed E-state index contributed by atoms with van der Waals surface area (Å²) in [5.41, 5.74) is 4.80. The first-order valence-corrected chi connectivity index (χ1v) is 9.60. The van der Waals surface area contributed by atoms with E-state index in [-0.39, 0.29) is 28.4 Å². The fourth-order valence-electron chi connectivity index (χ4n) is 4.30. The van der Waals surface area contributed by atoms with Crippen molar-refractivity contribution in [3.63, 3.8) is 0 Å². The van der Waals surface area contributed by atoms with Crippen molar-refractivity contribution in [2.24, 2.45) is 10.3 Å². The molecule has 150 valence electrons. The topological polar surface area (TPSA) is 99.3 Å². The van der Waals surface area contributed by atoms with E-state index in [0.717, 1.165) is 35.1 Å². The van der Waals surface area contributed by atoms with Crippen molar-refractivity contribution in [1.82, 2.24) is 0 Å². The van der Waals surface area contributed by atoms with Crippen LogP contribution in [0.3, 0.4) is 0 Å². The first-order valence-electron chi connectivity index (χ1n) is 9.60. The summed E-state index contributed by atoms with van der Waals surface area (Å²) in [7, 11) is 0. The predicted molar refractivity (Wildman–Crippen MR) is 112 cm³/mol. The number of oxime groups is 2. The van der Waals surface area contributed by atoms with Crippen LogP contribution in [-0.4, -0.2) is 33.4 Å². The summed E-state index contributed by atoms with van der Waals surface area (Å²) >= 11 is 0. The maximum atomic E-state index is 12.5. The molecule has 6 nitrogen and oxygen atoms in total. The summed E-state index contributed by atoms with van der Waals surface area (Å²) in [6, 6.07) is 11.1. The van der Waals surface area contributed by atoms with E-state index in [0.29, 0.717) is 11.1 Å². The average molecular weight is 392 g/mol. The maximum Gasteiger partial charge on any atom is 0.210 e. The Morgan fingerprint density at radius 2 is 1.17 bits per heavy atom. The molecule has 0 amide bonds. The Bertz CT molecular complexity index is 981. The summed E-state index contributed by atoms with van der Waals surface area (Å²) in [6.07, 6.45) is 1.58. The number of rotatable bonds is 6. The fourth-order valence-corrected chi connectivity index (χ4v) is 4.30. The molecule has 0 radical (unpaired) electrons. The molecule has 0 aromatic heterocycles. The second-order valence-corrected chi connectivity index (χ2v) is 7.34. The van der Waals surface area contributed by atoms with Gasteiger partial charge in [0.15, 0.2) is 0 Å². The minimum absolute atomic E-state index is 0.0331. The second kappa shape index (κ2) is 7.62. The average Bonchev–Trinajstić information content (AvgIpc) is 3.05. The Kier molecular flexibility index (Phi) is 5.38. The van der Waals surface area contributed by atoms with E-state index in [1.807, 2.05) is 24.3 Å². The van der Waals surface area contributed by atoms with Crippen molar-refractivity contribution in [2.45, 2.75) is 46.0 Å². The highest BCUT2D eigenvalue weighted by Gasteiger charge is 2.41. The highest BCUT2D eigenvalue weighted by atomic mass is 16.4. The monoisotopic (exact) mass is 392 g/mol. The van der Waals surface area contributed by atoms with Gasteiger partial charge in [-0.3, -0.25) is 9.59 Å². The number of hydrogen-bond donors (Lipinski definition) is 2. The van der Waals surface area contributed by atoms with Crippen LogP contribution in [0.2, 0.25) is 0 Å². The standard InChI is InChI=1S/C23H24N2O4/c1-5-23(6-2)19-11-15(21(26)13(3)24-28)7-9-17(19)18-10-8-16(12-20(18)23)22(27)14(4)25-29/h7-12,28-29H,5-6H2,1-4H3/b24-13+,25-14+. The lowest BCUT2D eigenvalue weighted by atomic mass is 9.73. The van der Waals surface area contributed by atoms with Gasteiger partial charge < -0.3 is 10.4 Å². The van der Waals surface area contributed by atoms with Gasteiger partial charge in [0, 0.05) is 16.5 Å². The van der Waals surface area contributed by atoms with Crippen molar-refractivity contribution in [1.29, 1.82) is 0 Å². The highest BCUT2D eigenvalue weighted by molar-refractivity contribution is 6.45. The number of nitrogens with zero attached hydrogens (tertiary/aromatic N) is 2. The van der Waals surface area contributed by atoms with Gasteiger partial charge in [0.1, 0.15) is 11.4 Å². The zero-order chi connectivity index (χ0) is 21.3. The minimum atomic E-state index is -0.341. The molecule has 0 fully saturated rings. The van der Waals surface area contributed by atoms with Gasteiger partial charge in [-0.15, -0.1) is 0 Å². The Hall–Kier alpha value is -3.28. The number of Topliss-reactive ketones (excluding diaryl/α,β-unsaturated/α-hetero) is 2. The molecule has 2 aromatic rings. The fraction of sp³-hybridized carbons (Fsp3) is 0.304. The molecule has 1 aliphatic carbocycles. The third-order valence-corrected chi connectivity index (χ3v) is 6.05. The van der Waals surface area contributed by atoms with Gasteiger partial charge in [0.25, 0.3) is 0 Å². The van der Waals surface area contributed by atoms with Gasteiger partial charge in [-0.2, -0.15) is 0 Å². The summed E-state index contributed by atoms with van der Waals surface area (Å²) in [5, 5.41) is 24.0. The molecule has 0 heterocycles. The smallest absolute Gasteiger partial charge is 0.210 e. The van der Waals surface area contributed by atoms with E-state index in [2.05, 4.69) is 24.2 Å². The first kappa shape index (κ1) is 20.5. The number of fused-ring (bicyclic) bond motifs is 3. The molecule has 0 bridgehead atoms. The quantitative estimate of drug-likeness (QED) is 0.318. The molecule has 3 rings (SSSR count). The van der Waals surface area contributed by atoms with Crippen LogP contribution in [0.4, 0.5) is 0 Å². The number of carbonyl (C=O) groups excluding carboxylic acids is 2. The third-order valence-electron chi connectivity index (χ3n) is 6.05. The lowest BCUT2D eigenvalue weighted by Crippen LogP contribution is -2.24. The molecule has 6 heteroatoms. The molecule has 0 unspecified atom stereocenters. The van der Waals surface area contributed by atoms with Gasteiger partial charge >= 0.3 is 0 Å². The van der Waals surface area contributed by atoms with Crippen LogP contribution in [0.15, 0.2) is 46.7 Å². The zero-order valence-electron chi connectivity index (χ0n) is 17.0. The maximum absolute atomic E-state index is 12.5. The highest BCUT2D eigenvalue weighted by Crippen LogP contribution is 2.53. The number of carbonyl (C=O) groups is 2. The summed E-state index contributed by atoms with van der Waals surface area (Å²) in [6.45, 7) is 7.12. The van der Waals surface area contributed by atoms with Crippen molar-refractivity contribution >= 4 is 23.0 Å². The van der Waals surface area contributed by atoms with E-state index in [1.165, 1.54) is 13.8 Å². The summed E-state index contributed by atoms with van der Waals surface area (Å²) in [4.78, 5) is 25.0. The summed E-state index contributed by atoms with van der Waals surface area (Å²) in [5.74, 6) is -0.643. The Morgan fingerprint density at radius 1 is 0.793 bits per heavy atom. The van der Waals surface area contributed by atoms with E-state index >= 15 is 0 Å². The van der Waals surface area contributed by atoms with E-state index < -0.39 is 0 Å². The van der Waals surface area contributed by atoms with Crippen LogP contribution in [0.25, 0.3) is 11.1 Å². The van der Waals surface area contributed by atoms with E-state index in [1.54, 1.807) is 12.1 Å². The first-order chi connectivity index (χ1) is 13.8. The minimum Gasteiger partial charge on any atom is -0.411 e. The zero-order valence-corrected chi connectivity index (χ0v) is 17.0. The van der Waals surface area contributed by atoms with Gasteiger partial charge in [0.2, 0.25) is 11.6 Å². The van der Waals surface area contributed by atoms with Crippen molar-refractivity contribution in [2.75, 3.05) is 0 Å². The van der Waals surface area contributed by atoms with Crippen LogP contribution in [0.5, 0.6) is 0 Å². The number of benzene rings is 2. The van der Waals surface area contributed by atoms with Gasteiger partial charge in [0.05, 0.1) is 0 Å². The molecule has 0 spiro atoms. The molecule has 2 aromatic carbocycles. The molecule has 29 heavy (non-hydrogen) atoms. The Labute approximate surface area is 169 Å². The predicted octanol–water partition coefficient (Wildman–Crippen LogP) is 4.84. The van der Waals surface area contributed by atoms with Crippen LogP contribution in [0.1, 0.15) is 72.4 Å². The SMILES string of the molecule is CCC1(CC)c2cc(C(=O)/C(C)=N/O)ccc2-c2ccc(C(=O)/C(C)=N/O)cc21. The summed E-state index contributed by atoms with van der Waals surface area (Å²) < 4.78 is 0. The number of ketones is 2. The molecule has 0 saturated carbocycles. The largest absolute Gasteiger partial charge is 0.411 e. The Morgan fingerprint density at radius 3 is 1.48 bits per heavy atom.